The monoisotopic (exact) mass is 272 g/mol. The summed E-state index contributed by atoms with van der Waals surface area (Å²) in [7, 11) is -2.89. The maximum absolute atomic E-state index is 10.4. The number of benzene rings is 1. The number of rotatable bonds is 4. The molecule has 1 aromatic carbocycles. The van der Waals surface area contributed by atoms with Gasteiger partial charge in [-0.1, -0.05) is 43.0 Å². The highest BCUT2D eigenvalue weighted by atomic mass is 32.2. The summed E-state index contributed by atoms with van der Waals surface area (Å²) in [4.78, 5) is 0. The lowest BCUT2D eigenvalue weighted by Crippen LogP contribution is -2.28. The maximum Gasteiger partial charge on any atom is 0.295 e. The van der Waals surface area contributed by atoms with Gasteiger partial charge in [-0.3, -0.25) is 4.55 Å². The van der Waals surface area contributed by atoms with Gasteiger partial charge in [0.05, 0.1) is 6.61 Å². The van der Waals surface area contributed by atoms with E-state index < -0.39 is 21.7 Å². The Morgan fingerprint density at radius 3 is 2.28 bits per heavy atom. The van der Waals surface area contributed by atoms with Crippen molar-refractivity contribution in [3.63, 3.8) is 0 Å². The highest BCUT2D eigenvalue weighted by Gasteiger charge is 2.41. The highest BCUT2D eigenvalue weighted by Crippen LogP contribution is 2.19. The van der Waals surface area contributed by atoms with Gasteiger partial charge in [0.2, 0.25) is 5.44 Å². The summed E-state index contributed by atoms with van der Waals surface area (Å²) in [5.41, 5.74) is -0.0417. The van der Waals surface area contributed by atoms with Crippen LogP contribution in [-0.2, 0) is 19.6 Å². The molecule has 2 unspecified atom stereocenters. The third-order valence-corrected chi connectivity index (χ3v) is 3.31. The van der Waals surface area contributed by atoms with Crippen molar-refractivity contribution in [1.29, 1.82) is 0 Å². The molecule has 0 aromatic heterocycles. The van der Waals surface area contributed by atoms with Gasteiger partial charge in [0.25, 0.3) is 10.1 Å². The van der Waals surface area contributed by atoms with Gasteiger partial charge in [-0.05, 0) is 5.56 Å². The minimum absolute atomic E-state index is 0.332. The minimum Gasteiger partial charge on any atom is -0.369 e. The molecule has 1 aliphatic heterocycles. The van der Waals surface area contributed by atoms with Crippen LogP contribution in [0.5, 0.6) is 0 Å². The first-order valence-corrected chi connectivity index (χ1v) is 6.77. The first-order chi connectivity index (χ1) is 8.49. The Bertz CT molecular complexity index is 465. The zero-order valence-corrected chi connectivity index (χ0v) is 10.8. The van der Waals surface area contributed by atoms with Crippen LogP contribution in [0.4, 0.5) is 0 Å². The van der Waals surface area contributed by atoms with Gasteiger partial charge in [0.1, 0.15) is 6.10 Å². The van der Waals surface area contributed by atoms with Crippen molar-refractivity contribution in [3.8, 4) is 0 Å². The third kappa shape index (κ3) is 4.97. The van der Waals surface area contributed by atoms with E-state index >= 15 is 0 Å². The summed E-state index contributed by atoms with van der Waals surface area (Å²) >= 11 is 0. The van der Waals surface area contributed by atoms with E-state index in [1.165, 1.54) is 12.7 Å². The van der Waals surface area contributed by atoms with Gasteiger partial charge in [-0.15, -0.1) is 0 Å². The number of ether oxygens (including phenoxy) is 2. The van der Waals surface area contributed by atoms with Gasteiger partial charge in [-0.2, -0.15) is 8.42 Å². The molecular weight excluding hydrogens is 256 g/mol. The fraction of sp³-hybridized carbons (Fsp3) is 0.333. The van der Waals surface area contributed by atoms with Gasteiger partial charge in [-0.25, -0.2) is 0 Å². The van der Waals surface area contributed by atoms with E-state index in [2.05, 4.69) is 16.1 Å². The smallest absolute Gasteiger partial charge is 0.295 e. The second-order valence-electron chi connectivity index (χ2n) is 3.61. The lowest BCUT2D eigenvalue weighted by molar-refractivity contribution is 0.127. The number of methoxy groups -OCH3 is 1. The van der Waals surface area contributed by atoms with E-state index in [4.69, 9.17) is 4.55 Å². The quantitative estimate of drug-likeness (QED) is 0.665. The molecule has 2 rings (SSSR count). The van der Waals surface area contributed by atoms with Gasteiger partial charge in [0, 0.05) is 7.11 Å². The lowest BCUT2D eigenvalue weighted by Gasteiger charge is -2.06. The Kier molecular flexibility index (Phi) is 5.49. The standard InChI is InChI=1S/C8H8.C4H8O5S/c1-2-8-6-4-3-5-7-8;1-8-4(3-2-9-3)10(5,6)7/h2-7H,1H2;3-4H,2H2,1H3,(H,5,6,7). The van der Waals surface area contributed by atoms with Crippen molar-refractivity contribution < 1.29 is 22.4 Å². The predicted octanol–water partition coefficient (Wildman–Crippen LogP) is 1.58. The van der Waals surface area contributed by atoms with Crippen molar-refractivity contribution in [3.05, 3.63) is 42.5 Å². The Morgan fingerprint density at radius 2 is 2.06 bits per heavy atom. The molecule has 0 amide bonds. The maximum atomic E-state index is 10.4. The molecule has 1 fully saturated rings. The Morgan fingerprint density at radius 1 is 1.50 bits per heavy atom. The normalized spacial score (nSPS) is 19.3. The molecule has 0 aliphatic carbocycles. The van der Waals surface area contributed by atoms with E-state index in [-0.39, 0.29) is 0 Å². The predicted molar refractivity (Wildman–Crippen MR) is 68.6 cm³/mol. The minimum atomic E-state index is -4.10. The van der Waals surface area contributed by atoms with Crippen molar-refractivity contribution in [2.24, 2.45) is 0 Å². The second-order valence-corrected chi connectivity index (χ2v) is 5.10. The SMILES string of the molecule is C=Cc1ccccc1.COC(C1CO1)S(=O)(=O)O. The molecule has 0 spiro atoms. The van der Waals surface area contributed by atoms with E-state index in [1.54, 1.807) is 0 Å². The third-order valence-electron chi connectivity index (χ3n) is 2.22. The Labute approximate surface area is 107 Å². The van der Waals surface area contributed by atoms with Crippen molar-refractivity contribution in [1.82, 2.24) is 0 Å². The number of hydrogen-bond donors (Lipinski definition) is 1. The topological polar surface area (TPSA) is 76.1 Å². The summed E-state index contributed by atoms with van der Waals surface area (Å²) in [6.45, 7) is 3.96. The zero-order valence-electron chi connectivity index (χ0n) is 10.0. The van der Waals surface area contributed by atoms with Crippen molar-refractivity contribution in [2.75, 3.05) is 13.7 Å². The van der Waals surface area contributed by atoms with Crippen molar-refractivity contribution in [2.45, 2.75) is 11.5 Å². The van der Waals surface area contributed by atoms with Crippen LogP contribution in [0.15, 0.2) is 36.9 Å². The average molecular weight is 272 g/mol. The molecule has 1 N–H and O–H groups in total. The van der Waals surface area contributed by atoms with Crippen LogP contribution in [0.25, 0.3) is 6.08 Å². The van der Waals surface area contributed by atoms with E-state index in [0.29, 0.717) is 6.61 Å². The second kappa shape index (κ2) is 6.65. The van der Waals surface area contributed by atoms with Crippen LogP contribution in [0.2, 0.25) is 0 Å². The van der Waals surface area contributed by atoms with Crippen LogP contribution in [0.1, 0.15) is 5.56 Å². The molecule has 1 aromatic rings. The lowest BCUT2D eigenvalue weighted by atomic mass is 10.2. The first kappa shape index (κ1) is 14.8. The van der Waals surface area contributed by atoms with Crippen molar-refractivity contribution >= 4 is 16.2 Å². The summed E-state index contributed by atoms with van der Waals surface area (Å²) in [6.07, 6.45) is 1.35. The van der Waals surface area contributed by atoms with Crippen LogP contribution in [-0.4, -0.2) is 38.2 Å². The number of hydrogen-bond acceptors (Lipinski definition) is 4. The molecule has 1 aliphatic rings. The van der Waals surface area contributed by atoms with Crippen LogP contribution < -0.4 is 0 Å². The summed E-state index contributed by atoms with van der Waals surface area (Å²) in [5.74, 6) is 0. The molecule has 5 nitrogen and oxygen atoms in total. The molecule has 1 heterocycles. The average Bonchev–Trinajstić information content (AvgIpc) is 3.14. The summed E-state index contributed by atoms with van der Waals surface area (Å²) < 4.78 is 38.3. The van der Waals surface area contributed by atoms with Crippen LogP contribution >= 0.6 is 0 Å². The molecule has 0 bridgehead atoms. The molecule has 1 saturated heterocycles. The van der Waals surface area contributed by atoms with Crippen LogP contribution in [0.3, 0.4) is 0 Å². The fourth-order valence-corrected chi connectivity index (χ4v) is 2.05. The first-order valence-electron chi connectivity index (χ1n) is 5.27. The molecule has 100 valence electrons. The molecule has 0 radical (unpaired) electrons. The summed E-state index contributed by atoms with van der Waals surface area (Å²) in [6, 6.07) is 10.0. The largest absolute Gasteiger partial charge is 0.369 e. The van der Waals surface area contributed by atoms with Crippen LogP contribution in [0, 0.1) is 0 Å². The van der Waals surface area contributed by atoms with Gasteiger partial charge < -0.3 is 9.47 Å². The highest BCUT2D eigenvalue weighted by molar-refractivity contribution is 7.86. The molecule has 18 heavy (non-hydrogen) atoms. The van der Waals surface area contributed by atoms with E-state index in [1.807, 2.05) is 36.4 Å². The summed E-state index contributed by atoms with van der Waals surface area (Å²) in [5, 5.41) is 0. The van der Waals surface area contributed by atoms with Gasteiger partial charge in [0.15, 0.2) is 0 Å². The Balaban J connectivity index is 0.000000184. The molecule has 0 saturated carbocycles. The molecule has 6 heteroatoms. The zero-order chi connectivity index (χ0) is 13.6. The number of epoxide rings is 1. The molecule has 2 atom stereocenters. The van der Waals surface area contributed by atoms with E-state index in [9.17, 15) is 8.42 Å². The molecular formula is C12H16O5S. The van der Waals surface area contributed by atoms with Gasteiger partial charge >= 0.3 is 0 Å². The Hall–Kier alpha value is -1.21. The van der Waals surface area contributed by atoms with E-state index in [0.717, 1.165) is 0 Å². The fourth-order valence-electron chi connectivity index (χ4n) is 1.27.